The fraction of sp³-hybridized carbons (Fsp3) is 0.156. The highest BCUT2D eigenvalue weighted by Gasteiger charge is 2.29. The Morgan fingerprint density at radius 3 is 2.14 bits per heavy atom. The summed E-state index contributed by atoms with van der Waals surface area (Å²) in [6.07, 6.45) is 1.40. The molecule has 0 bridgehead atoms. The van der Waals surface area contributed by atoms with Gasteiger partial charge in [-0.25, -0.2) is 13.8 Å². The topological polar surface area (TPSA) is 136 Å². The number of ether oxygens (including phenoxy) is 3. The van der Waals surface area contributed by atoms with Gasteiger partial charge in [0.15, 0.2) is 6.61 Å². The number of benzene rings is 4. The lowest BCUT2D eigenvalue weighted by Crippen LogP contribution is -2.39. The minimum atomic E-state index is -4.12. The van der Waals surface area contributed by atoms with Crippen LogP contribution in [0.25, 0.3) is 0 Å². The number of hydrazone groups is 1. The Balaban J connectivity index is 1.36. The minimum absolute atomic E-state index is 0.0332. The van der Waals surface area contributed by atoms with Gasteiger partial charge in [0.1, 0.15) is 23.8 Å². The van der Waals surface area contributed by atoms with Crippen LogP contribution < -0.4 is 29.3 Å². The van der Waals surface area contributed by atoms with E-state index in [2.05, 4.69) is 15.8 Å². The van der Waals surface area contributed by atoms with Gasteiger partial charge in [-0.05, 0) is 85.3 Å². The monoisotopic (exact) mass is 616 g/mol. The number of sulfonamides is 1. The third-order valence-corrected chi connectivity index (χ3v) is 8.05. The molecule has 4 aromatic carbocycles. The Kier molecular flexibility index (Phi) is 10.5. The molecule has 0 aliphatic heterocycles. The molecule has 0 fully saturated rings. The molecular weight excluding hydrogens is 584 g/mol. The van der Waals surface area contributed by atoms with Gasteiger partial charge >= 0.3 is 0 Å². The summed E-state index contributed by atoms with van der Waals surface area (Å²) in [4.78, 5) is 25.1. The fourth-order valence-electron chi connectivity index (χ4n) is 3.99. The number of aryl methyl sites for hydroxylation is 1. The van der Waals surface area contributed by atoms with Crippen LogP contribution in [0.2, 0.25) is 0 Å². The number of anilines is 2. The molecular formula is C32H32N4O7S. The lowest BCUT2D eigenvalue weighted by Gasteiger charge is -2.25. The molecule has 2 N–H and O–H groups in total. The molecule has 228 valence electrons. The van der Waals surface area contributed by atoms with Gasteiger partial charge in [0.05, 0.1) is 31.0 Å². The standard InChI is InChI=1S/C32H32N4O7S/c1-23-8-18-28(19-9-23)44(39,40)36(29-6-4-5-7-30(29)42-3)21-31(37)35-33-20-24-10-14-27(15-11-24)43-22-32(38)34-25-12-16-26(41-2)17-13-25/h4-20H,21-22H2,1-3H3,(H,34,38)(H,35,37)/b33-20-. The van der Waals surface area contributed by atoms with Gasteiger partial charge in [-0.1, -0.05) is 29.8 Å². The number of hydrogen-bond acceptors (Lipinski definition) is 8. The zero-order valence-corrected chi connectivity index (χ0v) is 25.2. The first-order chi connectivity index (χ1) is 21.2. The molecule has 12 heteroatoms. The smallest absolute Gasteiger partial charge is 0.264 e. The van der Waals surface area contributed by atoms with Crippen LogP contribution in [0.4, 0.5) is 11.4 Å². The Labute approximate surface area is 256 Å². The van der Waals surface area contributed by atoms with Crippen LogP contribution >= 0.6 is 0 Å². The van der Waals surface area contributed by atoms with E-state index in [0.717, 1.165) is 9.87 Å². The molecule has 0 saturated carbocycles. The van der Waals surface area contributed by atoms with E-state index in [-0.39, 0.29) is 23.1 Å². The number of nitrogens with one attached hydrogen (secondary N) is 2. The molecule has 0 saturated heterocycles. The SMILES string of the molecule is COc1ccc(NC(=O)COc2ccc(/C=N\NC(=O)CN(c3ccccc3OC)S(=O)(=O)c3ccc(C)cc3)cc2)cc1. The van der Waals surface area contributed by atoms with Crippen molar-refractivity contribution in [2.24, 2.45) is 5.10 Å². The third-order valence-electron chi connectivity index (χ3n) is 6.28. The molecule has 0 heterocycles. The maximum Gasteiger partial charge on any atom is 0.264 e. The maximum atomic E-state index is 13.6. The number of methoxy groups -OCH3 is 2. The van der Waals surface area contributed by atoms with Crippen LogP contribution in [0.3, 0.4) is 0 Å². The Morgan fingerprint density at radius 1 is 0.818 bits per heavy atom. The molecule has 44 heavy (non-hydrogen) atoms. The number of para-hydroxylation sites is 2. The highest BCUT2D eigenvalue weighted by atomic mass is 32.2. The van der Waals surface area contributed by atoms with Crippen molar-refractivity contribution in [1.82, 2.24) is 5.43 Å². The second-order valence-electron chi connectivity index (χ2n) is 9.42. The van der Waals surface area contributed by atoms with Crippen LogP contribution in [-0.4, -0.2) is 53.8 Å². The van der Waals surface area contributed by atoms with E-state index >= 15 is 0 Å². The molecule has 0 atom stereocenters. The highest BCUT2D eigenvalue weighted by molar-refractivity contribution is 7.92. The Bertz CT molecular complexity index is 1710. The average Bonchev–Trinajstić information content (AvgIpc) is 3.03. The number of rotatable bonds is 13. The Hall–Kier alpha value is -5.36. The van der Waals surface area contributed by atoms with Crippen LogP contribution in [0.5, 0.6) is 17.2 Å². The molecule has 0 unspecified atom stereocenters. The van der Waals surface area contributed by atoms with Crippen LogP contribution in [0.1, 0.15) is 11.1 Å². The fourth-order valence-corrected chi connectivity index (χ4v) is 5.42. The van der Waals surface area contributed by atoms with E-state index in [1.165, 1.54) is 25.5 Å². The number of nitrogens with zero attached hydrogens (tertiary/aromatic N) is 2. The third kappa shape index (κ3) is 8.35. The quantitative estimate of drug-likeness (QED) is 0.168. The summed E-state index contributed by atoms with van der Waals surface area (Å²) in [5.74, 6) is 0.453. The number of carbonyl (C=O) groups is 2. The molecule has 0 aliphatic rings. The summed E-state index contributed by atoms with van der Waals surface area (Å²) < 4.78 is 44.2. The molecule has 4 rings (SSSR count). The first-order valence-electron chi connectivity index (χ1n) is 13.4. The molecule has 0 radical (unpaired) electrons. The van der Waals surface area contributed by atoms with Gasteiger partial charge in [-0.3, -0.25) is 13.9 Å². The zero-order valence-electron chi connectivity index (χ0n) is 24.4. The van der Waals surface area contributed by atoms with Crippen LogP contribution in [-0.2, 0) is 19.6 Å². The van der Waals surface area contributed by atoms with E-state index in [0.29, 0.717) is 28.5 Å². The summed E-state index contributed by atoms with van der Waals surface area (Å²) in [5, 5.41) is 6.70. The summed E-state index contributed by atoms with van der Waals surface area (Å²) in [7, 11) is -1.13. The van der Waals surface area contributed by atoms with E-state index in [1.54, 1.807) is 92.0 Å². The molecule has 11 nitrogen and oxygen atoms in total. The second kappa shape index (κ2) is 14.7. The lowest BCUT2D eigenvalue weighted by molar-refractivity contribution is -0.119. The van der Waals surface area contributed by atoms with Gasteiger partial charge < -0.3 is 19.5 Å². The first-order valence-corrected chi connectivity index (χ1v) is 14.8. The van der Waals surface area contributed by atoms with E-state index in [4.69, 9.17) is 14.2 Å². The normalized spacial score (nSPS) is 11.1. The van der Waals surface area contributed by atoms with E-state index < -0.39 is 22.5 Å². The molecule has 0 spiro atoms. The Morgan fingerprint density at radius 2 is 1.48 bits per heavy atom. The molecule has 2 amide bonds. The largest absolute Gasteiger partial charge is 0.497 e. The summed E-state index contributed by atoms with van der Waals surface area (Å²) in [6, 6.07) is 26.5. The second-order valence-corrected chi connectivity index (χ2v) is 11.3. The van der Waals surface area contributed by atoms with Gasteiger partial charge in [0.25, 0.3) is 21.8 Å². The van der Waals surface area contributed by atoms with Gasteiger partial charge in [-0.15, -0.1) is 0 Å². The van der Waals surface area contributed by atoms with Gasteiger partial charge in [-0.2, -0.15) is 5.10 Å². The molecule has 4 aromatic rings. The number of carbonyl (C=O) groups excluding carboxylic acids is 2. The van der Waals surface area contributed by atoms with Crippen molar-refractivity contribution in [2.75, 3.05) is 37.0 Å². The number of amides is 2. The predicted octanol–water partition coefficient (Wildman–Crippen LogP) is 4.38. The van der Waals surface area contributed by atoms with Crippen molar-refractivity contribution < 1.29 is 32.2 Å². The van der Waals surface area contributed by atoms with Crippen LogP contribution in [0.15, 0.2) is 107 Å². The highest BCUT2D eigenvalue weighted by Crippen LogP contribution is 2.32. The predicted molar refractivity (Wildman–Crippen MR) is 168 cm³/mol. The van der Waals surface area contributed by atoms with Crippen molar-refractivity contribution in [3.63, 3.8) is 0 Å². The number of hydrogen-bond donors (Lipinski definition) is 2. The lowest BCUT2D eigenvalue weighted by atomic mass is 10.2. The zero-order chi connectivity index (χ0) is 31.5. The summed E-state index contributed by atoms with van der Waals surface area (Å²) in [6.45, 7) is 1.12. The summed E-state index contributed by atoms with van der Waals surface area (Å²) in [5.41, 5.74) is 4.74. The first kappa shape index (κ1) is 31.6. The van der Waals surface area contributed by atoms with Crippen molar-refractivity contribution in [3.05, 3.63) is 108 Å². The molecule has 0 aliphatic carbocycles. The van der Waals surface area contributed by atoms with Crippen molar-refractivity contribution >= 4 is 39.4 Å². The van der Waals surface area contributed by atoms with Gasteiger partial charge in [0.2, 0.25) is 0 Å². The van der Waals surface area contributed by atoms with E-state index in [9.17, 15) is 18.0 Å². The summed E-state index contributed by atoms with van der Waals surface area (Å²) >= 11 is 0. The van der Waals surface area contributed by atoms with Crippen molar-refractivity contribution in [1.29, 1.82) is 0 Å². The van der Waals surface area contributed by atoms with Crippen LogP contribution in [0, 0.1) is 6.92 Å². The minimum Gasteiger partial charge on any atom is -0.497 e. The van der Waals surface area contributed by atoms with Gasteiger partial charge in [0, 0.05) is 5.69 Å². The van der Waals surface area contributed by atoms with Crippen molar-refractivity contribution in [2.45, 2.75) is 11.8 Å². The molecule has 0 aromatic heterocycles. The average molecular weight is 617 g/mol. The van der Waals surface area contributed by atoms with E-state index in [1.807, 2.05) is 6.92 Å². The maximum absolute atomic E-state index is 13.6. The van der Waals surface area contributed by atoms with Crippen molar-refractivity contribution in [3.8, 4) is 17.2 Å².